The van der Waals surface area contributed by atoms with Crippen LogP contribution >= 0.6 is 15.9 Å². The van der Waals surface area contributed by atoms with Crippen molar-refractivity contribution < 1.29 is 29.3 Å². The van der Waals surface area contributed by atoms with Crippen molar-refractivity contribution in [3.05, 3.63) is 70.2 Å². The summed E-state index contributed by atoms with van der Waals surface area (Å²) in [6.07, 6.45) is 4.81. The van der Waals surface area contributed by atoms with Crippen molar-refractivity contribution in [2.24, 2.45) is 5.92 Å². The summed E-state index contributed by atoms with van der Waals surface area (Å²) in [7, 11) is 0. The fourth-order valence-electron chi connectivity index (χ4n) is 5.69. The molecule has 3 atom stereocenters. The van der Waals surface area contributed by atoms with Crippen LogP contribution < -0.4 is 9.80 Å². The molecule has 0 unspecified atom stereocenters. The Morgan fingerprint density at radius 1 is 1.23 bits per heavy atom. The number of carbonyl (C=O) groups is 3. The van der Waals surface area contributed by atoms with Crippen molar-refractivity contribution in [1.29, 1.82) is 0 Å². The van der Waals surface area contributed by atoms with Crippen LogP contribution in [0, 0.1) is 5.92 Å². The SMILES string of the molecule is C[C@@H](/C=C/CC(=O)N1CCC[C@H]1CO)[C@]1(O)C(=O)N(Cc2cccc(N3CCOC3=O)c2)c2ccc(Br)cc21. The van der Waals surface area contributed by atoms with Gasteiger partial charge in [0.05, 0.1) is 31.4 Å². The van der Waals surface area contributed by atoms with E-state index in [-0.39, 0.29) is 31.5 Å². The standard InChI is InChI=1S/C29H32BrN3O6/c1-19(5-2-9-26(35)31-12-4-8-23(31)18-34)29(38)24-16-21(30)10-11-25(24)33(27(29)36)17-20-6-3-7-22(15-20)32-13-14-39-28(32)37/h2-3,5-7,10-11,15-16,19,23,34,38H,4,8-9,12-14,17-18H2,1H3/b5-2+/t19-,23-,29+/m0/s1. The third kappa shape index (κ3) is 5.08. The molecule has 2 aromatic carbocycles. The number of ether oxygens (including phenoxy) is 1. The topological polar surface area (TPSA) is 111 Å². The Balaban J connectivity index is 1.37. The van der Waals surface area contributed by atoms with Crippen molar-refractivity contribution >= 4 is 45.2 Å². The predicted molar refractivity (Wildman–Crippen MR) is 149 cm³/mol. The van der Waals surface area contributed by atoms with E-state index in [0.717, 1.165) is 22.9 Å². The number of rotatable bonds is 8. The van der Waals surface area contributed by atoms with Gasteiger partial charge in [-0.05, 0) is 48.7 Å². The number of aliphatic hydroxyl groups is 2. The van der Waals surface area contributed by atoms with Crippen molar-refractivity contribution in [2.75, 3.05) is 36.1 Å². The minimum absolute atomic E-state index is 0.0490. The largest absolute Gasteiger partial charge is 0.447 e. The zero-order valence-electron chi connectivity index (χ0n) is 21.8. The average molecular weight is 598 g/mol. The molecule has 2 N–H and O–H groups in total. The Kier molecular flexibility index (Phi) is 7.80. The number of hydrogen-bond acceptors (Lipinski definition) is 6. The van der Waals surface area contributed by atoms with E-state index < -0.39 is 23.5 Å². The molecule has 5 rings (SSSR count). The van der Waals surface area contributed by atoms with E-state index in [2.05, 4.69) is 15.9 Å². The van der Waals surface area contributed by atoms with Crippen molar-refractivity contribution in [2.45, 2.75) is 44.4 Å². The predicted octanol–water partition coefficient (Wildman–Crippen LogP) is 3.71. The summed E-state index contributed by atoms with van der Waals surface area (Å²) in [4.78, 5) is 43.4. The maximum Gasteiger partial charge on any atom is 0.414 e. The summed E-state index contributed by atoms with van der Waals surface area (Å²) in [6.45, 7) is 3.35. The fourth-order valence-corrected chi connectivity index (χ4v) is 6.05. The van der Waals surface area contributed by atoms with Crippen LogP contribution in [0.25, 0.3) is 0 Å². The molecule has 3 aliphatic rings. The second-order valence-electron chi connectivity index (χ2n) is 10.2. The Hall–Kier alpha value is -3.21. The molecule has 2 fully saturated rings. The molecule has 10 heteroatoms. The van der Waals surface area contributed by atoms with Crippen LogP contribution in [0.4, 0.5) is 16.2 Å². The summed E-state index contributed by atoms with van der Waals surface area (Å²) >= 11 is 3.47. The summed E-state index contributed by atoms with van der Waals surface area (Å²) in [6, 6.07) is 12.6. The van der Waals surface area contributed by atoms with Crippen molar-refractivity contribution in [3.63, 3.8) is 0 Å². The van der Waals surface area contributed by atoms with Gasteiger partial charge < -0.3 is 24.7 Å². The van der Waals surface area contributed by atoms with Crippen LogP contribution in [0.1, 0.15) is 37.3 Å². The summed E-state index contributed by atoms with van der Waals surface area (Å²) in [5, 5.41) is 21.4. The fraction of sp³-hybridized carbons (Fsp3) is 0.414. The minimum atomic E-state index is -1.82. The normalized spacial score (nSPS) is 23.6. The smallest absolute Gasteiger partial charge is 0.414 e. The maximum atomic E-state index is 13.9. The molecule has 2 saturated heterocycles. The molecule has 39 heavy (non-hydrogen) atoms. The number of cyclic esters (lactones) is 1. The molecule has 3 aliphatic heterocycles. The van der Waals surface area contributed by atoms with Gasteiger partial charge in [-0.3, -0.25) is 14.5 Å². The second kappa shape index (κ2) is 11.1. The van der Waals surface area contributed by atoms with E-state index in [1.807, 2.05) is 30.3 Å². The number of amides is 3. The minimum Gasteiger partial charge on any atom is -0.447 e. The molecule has 2 aromatic rings. The molecule has 0 saturated carbocycles. The van der Waals surface area contributed by atoms with Gasteiger partial charge in [-0.1, -0.05) is 47.1 Å². The van der Waals surface area contributed by atoms with Crippen LogP contribution in [0.2, 0.25) is 0 Å². The number of fused-ring (bicyclic) bond motifs is 1. The highest BCUT2D eigenvalue weighted by molar-refractivity contribution is 9.10. The lowest BCUT2D eigenvalue weighted by atomic mass is 9.83. The van der Waals surface area contributed by atoms with E-state index in [1.54, 1.807) is 45.9 Å². The van der Waals surface area contributed by atoms with E-state index in [4.69, 9.17) is 4.74 Å². The molecule has 9 nitrogen and oxygen atoms in total. The molecule has 3 heterocycles. The van der Waals surface area contributed by atoms with Gasteiger partial charge in [0.2, 0.25) is 5.91 Å². The van der Waals surface area contributed by atoms with Crippen LogP contribution in [-0.2, 0) is 26.5 Å². The third-order valence-corrected chi connectivity index (χ3v) is 8.33. The number of benzene rings is 2. The van der Waals surface area contributed by atoms with E-state index in [0.29, 0.717) is 36.6 Å². The molecule has 3 amide bonds. The first-order valence-corrected chi connectivity index (χ1v) is 14.0. The Morgan fingerprint density at radius 2 is 2.05 bits per heavy atom. The van der Waals surface area contributed by atoms with E-state index in [1.165, 1.54) is 0 Å². The van der Waals surface area contributed by atoms with Crippen LogP contribution in [0.3, 0.4) is 0 Å². The van der Waals surface area contributed by atoms with Crippen molar-refractivity contribution in [1.82, 2.24) is 4.90 Å². The first-order valence-electron chi connectivity index (χ1n) is 13.2. The van der Waals surface area contributed by atoms with Crippen LogP contribution in [0.15, 0.2) is 59.1 Å². The lowest BCUT2D eigenvalue weighted by Gasteiger charge is -2.28. The van der Waals surface area contributed by atoms with Crippen LogP contribution in [-0.4, -0.2) is 65.4 Å². The molecular weight excluding hydrogens is 566 g/mol. The summed E-state index contributed by atoms with van der Waals surface area (Å²) in [5.41, 5.74) is 0.767. The second-order valence-corrected chi connectivity index (χ2v) is 11.2. The third-order valence-electron chi connectivity index (χ3n) is 7.84. The number of hydrogen-bond donors (Lipinski definition) is 2. The molecule has 0 spiro atoms. The Labute approximate surface area is 235 Å². The zero-order chi connectivity index (χ0) is 27.7. The number of aliphatic hydroxyl groups excluding tert-OH is 1. The Bertz CT molecular complexity index is 1320. The van der Waals surface area contributed by atoms with E-state index in [9.17, 15) is 24.6 Å². The molecule has 0 aliphatic carbocycles. The van der Waals surface area contributed by atoms with E-state index >= 15 is 0 Å². The van der Waals surface area contributed by atoms with Gasteiger partial charge in [-0.15, -0.1) is 0 Å². The highest BCUT2D eigenvalue weighted by atomic mass is 79.9. The first kappa shape index (κ1) is 27.4. The average Bonchev–Trinajstić information content (AvgIpc) is 3.63. The van der Waals surface area contributed by atoms with Crippen molar-refractivity contribution in [3.8, 4) is 0 Å². The first-order chi connectivity index (χ1) is 18.7. The van der Waals surface area contributed by atoms with Crippen LogP contribution in [0.5, 0.6) is 0 Å². The molecule has 206 valence electrons. The zero-order valence-corrected chi connectivity index (χ0v) is 23.3. The number of anilines is 2. The monoisotopic (exact) mass is 597 g/mol. The van der Waals surface area contributed by atoms with Gasteiger partial charge in [0.15, 0.2) is 5.60 Å². The summed E-state index contributed by atoms with van der Waals surface area (Å²) < 4.78 is 5.79. The quantitative estimate of drug-likeness (QED) is 0.449. The highest BCUT2D eigenvalue weighted by Crippen LogP contribution is 2.47. The lowest BCUT2D eigenvalue weighted by Crippen LogP contribution is -2.44. The Morgan fingerprint density at radius 3 is 2.79 bits per heavy atom. The van der Waals surface area contributed by atoms with Gasteiger partial charge in [0.1, 0.15) is 6.61 Å². The molecule has 0 aromatic heterocycles. The number of halogens is 1. The molecule has 0 radical (unpaired) electrons. The molecule has 0 bridgehead atoms. The maximum absolute atomic E-state index is 13.9. The number of nitrogens with zero attached hydrogens (tertiary/aromatic N) is 3. The lowest BCUT2D eigenvalue weighted by molar-refractivity contribution is -0.139. The number of carbonyl (C=O) groups excluding carboxylic acids is 3. The summed E-state index contributed by atoms with van der Waals surface area (Å²) in [5.74, 6) is -1.15. The highest BCUT2D eigenvalue weighted by Gasteiger charge is 2.52. The van der Waals surface area contributed by atoms with Gasteiger partial charge in [0, 0.05) is 34.6 Å². The number of likely N-dealkylation sites (tertiary alicyclic amines) is 1. The van der Waals surface area contributed by atoms with Gasteiger partial charge in [-0.25, -0.2) is 4.79 Å². The van der Waals surface area contributed by atoms with Gasteiger partial charge in [0.25, 0.3) is 5.91 Å². The molecular formula is C29H32BrN3O6. The van der Waals surface area contributed by atoms with Gasteiger partial charge in [-0.2, -0.15) is 0 Å². The van der Waals surface area contributed by atoms with Gasteiger partial charge >= 0.3 is 6.09 Å².